The fourth-order valence-corrected chi connectivity index (χ4v) is 4.25. The molecule has 1 heterocycles. The molecular weight excluding hydrogens is 535 g/mol. The lowest BCUT2D eigenvalue weighted by Gasteiger charge is -2.12. The van der Waals surface area contributed by atoms with E-state index in [1.54, 1.807) is 42.5 Å². The van der Waals surface area contributed by atoms with Crippen molar-refractivity contribution in [2.24, 2.45) is 0 Å². The zero-order valence-corrected chi connectivity index (χ0v) is 19.2. The molecule has 2 N–H and O–H groups in total. The van der Waals surface area contributed by atoms with Gasteiger partial charge in [0.25, 0.3) is 11.1 Å². The molecule has 3 rings (SSSR count). The molecule has 0 atom stereocenters. The molecule has 2 aromatic carbocycles. The number of carbonyl (C=O) groups is 4. The van der Waals surface area contributed by atoms with Crippen molar-refractivity contribution < 1.29 is 29.0 Å². The zero-order chi connectivity index (χ0) is 22.5. The van der Waals surface area contributed by atoms with Gasteiger partial charge in [-0.2, -0.15) is 0 Å². The second-order valence-corrected chi connectivity index (χ2v) is 8.71. The van der Waals surface area contributed by atoms with Crippen molar-refractivity contribution in [1.29, 1.82) is 0 Å². The number of anilines is 1. The van der Waals surface area contributed by atoms with E-state index in [-0.39, 0.29) is 11.4 Å². The average Bonchev–Trinajstić information content (AvgIpc) is 2.94. The highest BCUT2D eigenvalue weighted by Crippen LogP contribution is 2.33. The molecule has 31 heavy (non-hydrogen) atoms. The van der Waals surface area contributed by atoms with Gasteiger partial charge in [-0.25, -0.2) is 4.79 Å². The van der Waals surface area contributed by atoms with Crippen molar-refractivity contribution in [3.05, 3.63) is 62.1 Å². The van der Waals surface area contributed by atoms with Gasteiger partial charge < -0.3 is 15.2 Å². The number of hydrogen-bond acceptors (Lipinski definition) is 6. The van der Waals surface area contributed by atoms with E-state index in [1.165, 1.54) is 0 Å². The smallest absolute Gasteiger partial charge is 0.341 e. The molecule has 2 aromatic rings. The molecule has 1 saturated heterocycles. The highest BCUT2D eigenvalue weighted by molar-refractivity contribution is 14.1. The number of aryl methyl sites for hydroxylation is 1. The van der Waals surface area contributed by atoms with E-state index in [4.69, 9.17) is 9.84 Å². The molecule has 8 nitrogen and oxygen atoms in total. The van der Waals surface area contributed by atoms with E-state index in [0.29, 0.717) is 20.6 Å². The molecule has 0 aliphatic carbocycles. The van der Waals surface area contributed by atoms with Gasteiger partial charge in [-0.15, -0.1) is 0 Å². The van der Waals surface area contributed by atoms with Gasteiger partial charge in [0.15, 0.2) is 6.61 Å². The Morgan fingerprint density at radius 3 is 2.68 bits per heavy atom. The Kier molecular flexibility index (Phi) is 7.33. The summed E-state index contributed by atoms with van der Waals surface area (Å²) in [4.78, 5) is 48.9. The van der Waals surface area contributed by atoms with Gasteiger partial charge in [-0.05, 0) is 82.7 Å². The molecule has 10 heteroatoms. The van der Waals surface area contributed by atoms with Crippen LogP contribution in [0.15, 0.2) is 47.4 Å². The third-order valence-corrected chi connectivity index (χ3v) is 5.83. The number of nitrogens with zero attached hydrogens (tertiary/aromatic N) is 1. The van der Waals surface area contributed by atoms with Crippen LogP contribution in [0.3, 0.4) is 0 Å². The summed E-state index contributed by atoms with van der Waals surface area (Å²) in [5, 5.41) is 10.9. The first-order valence-corrected chi connectivity index (χ1v) is 10.9. The summed E-state index contributed by atoms with van der Waals surface area (Å²) in [6.07, 6.45) is 1.55. The number of amides is 3. The quantitative estimate of drug-likeness (QED) is 0.398. The fraction of sp³-hybridized carbons (Fsp3) is 0.143. The standard InChI is InChI=1S/C21H17IN2O6S/c1-12-3-2-4-14(7-12)23-18(25)10-24-20(28)17(31-21(24)29)9-13-5-6-16(15(22)8-13)30-11-19(26)27/h2-9H,10-11H2,1H3,(H,23,25)(H,26,27)/b17-9-. The van der Waals surface area contributed by atoms with E-state index in [9.17, 15) is 19.2 Å². The molecule has 1 aliphatic heterocycles. The van der Waals surface area contributed by atoms with E-state index in [0.717, 1.165) is 22.2 Å². The summed E-state index contributed by atoms with van der Waals surface area (Å²) in [5.41, 5.74) is 2.20. The minimum absolute atomic E-state index is 0.198. The Morgan fingerprint density at radius 2 is 2.00 bits per heavy atom. The number of hydrogen-bond donors (Lipinski definition) is 2. The third-order valence-electron chi connectivity index (χ3n) is 4.08. The second kappa shape index (κ2) is 9.96. The van der Waals surface area contributed by atoms with Crippen LogP contribution in [0.25, 0.3) is 6.08 Å². The van der Waals surface area contributed by atoms with Gasteiger partial charge in [0.2, 0.25) is 5.91 Å². The lowest BCUT2D eigenvalue weighted by atomic mass is 10.2. The highest BCUT2D eigenvalue weighted by Gasteiger charge is 2.36. The van der Waals surface area contributed by atoms with E-state index < -0.39 is 29.6 Å². The SMILES string of the molecule is Cc1cccc(NC(=O)CN2C(=O)S/C(=C\c3ccc(OCC(=O)O)c(I)c3)C2=O)c1. The lowest BCUT2D eigenvalue weighted by Crippen LogP contribution is -2.36. The largest absolute Gasteiger partial charge is 0.481 e. The van der Waals surface area contributed by atoms with E-state index >= 15 is 0 Å². The van der Waals surface area contributed by atoms with Crippen molar-refractivity contribution in [2.75, 3.05) is 18.5 Å². The van der Waals surface area contributed by atoms with Gasteiger partial charge in [0.05, 0.1) is 8.48 Å². The van der Waals surface area contributed by atoms with Crippen LogP contribution in [-0.2, 0) is 14.4 Å². The van der Waals surface area contributed by atoms with Crippen LogP contribution in [0.2, 0.25) is 0 Å². The number of aliphatic carboxylic acids is 1. The van der Waals surface area contributed by atoms with Gasteiger partial charge in [0, 0.05) is 5.69 Å². The Hall–Kier alpha value is -2.86. The van der Waals surface area contributed by atoms with Crippen LogP contribution in [0.4, 0.5) is 10.5 Å². The third kappa shape index (κ3) is 6.07. The number of imide groups is 1. The van der Waals surface area contributed by atoms with E-state index in [1.807, 2.05) is 35.6 Å². The summed E-state index contributed by atoms with van der Waals surface area (Å²) >= 11 is 2.75. The number of rotatable bonds is 7. The average molecular weight is 552 g/mol. The minimum atomic E-state index is -1.08. The maximum atomic E-state index is 12.6. The Bertz CT molecular complexity index is 1100. The van der Waals surface area contributed by atoms with Crippen LogP contribution in [-0.4, -0.2) is 46.2 Å². The maximum Gasteiger partial charge on any atom is 0.341 e. The molecule has 1 aliphatic rings. The fourth-order valence-electron chi connectivity index (χ4n) is 2.72. The predicted molar refractivity (Wildman–Crippen MR) is 125 cm³/mol. The van der Waals surface area contributed by atoms with Gasteiger partial charge in [-0.1, -0.05) is 18.2 Å². The number of benzene rings is 2. The Labute approximate surface area is 195 Å². The van der Waals surface area contributed by atoms with Crippen LogP contribution >= 0.6 is 34.4 Å². The first kappa shape index (κ1) is 22.8. The molecule has 160 valence electrons. The molecule has 0 unspecified atom stereocenters. The molecule has 0 saturated carbocycles. The van der Waals surface area contributed by atoms with Crippen LogP contribution in [0.5, 0.6) is 5.75 Å². The number of carboxylic acids is 1. The number of ether oxygens (including phenoxy) is 1. The summed E-state index contributed by atoms with van der Waals surface area (Å²) in [7, 11) is 0. The van der Waals surface area contributed by atoms with Gasteiger partial charge >= 0.3 is 5.97 Å². The topological polar surface area (TPSA) is 113 Å². The molecule has 0 aromatic heterocycles. The number of nitrogens with one attached hydrogen (secondary N) is 1. The molecule has 0 bridgehead atoms. The van der Waals surface area contributed by atoms with Crippen molar-refractivity contribution >= 4 is 69.1 Å². The molecule has 0 radical (unpaired) electrons. The second-order valence-electron chi connectivity index (χ2n) is 6.56. The highest BCUT2D eigenvalue weighted by atomic mass is 127. The molecule has 3 amide bonds. The number of halogens is 1. The summed E-state index contributed by atoms with van der Waals surface area (Å²) < 4.78 is 5.83. The van der Waals surface area contributed by atoms with E-state index in [2.05, 4.69) is 5.32 Å². The van der Waals surface area contributed by atoms with Crippen LogP contribution < -0.4 is 10.1 Å². The van der Waals surface area contributed by atoms with Crippen LogP contribution in [0, 0.1) is 10.5 Å². The molecular formula is C21H17IN2O6S. The molecule has 0 spiro atoms. The lowest BCUT2D eigenvalue weighted by molar-refractivity contribution is -0.139. The first-order chi connectivity index (χ1) is 14.7. The molecule has 1 fully saturated rings. The van der Waals surface area contributed by atoms with Crippen molar-refractivity contribution in [2.45, 2.75) is 6.92 Å². The Morgan fingerprint density at radius 1 is 1.23 bits per heavy atom. The van der Waals surface area contributed by atoms with Crippen molar-refractivity contribution in [3.63, 3.8) is 0 Å². The zero-order valence-electron chi connectivity index (χ0n) is 16.3. The number of thioether (sulfide) groups is 1. The predicted octanol–water partition coefficient (Wildman–Crippen LogP) is 3.74. The maximum absolute atomic E-state index is 12.6. The van der Waals surface area contributed by atoms with Crippen molar-refractivity contribution in [3.8, 4) is 5.75 Å². The van der Waals surface area contributed by atoms with Gasteiger partial charge in [-0.3, -0.25) is 19.3 Å². The minimum Gasteiger partial charge on any atom is -0.481 e. The summed E-state index contributed by atoms with van der Waals surface area (Å²) in [6, 6.07) is 12.2. The summed E-state index contributed by atoms with van der Waals surface area (Å²) in [6.45, 7) is 1.05. The summed E-state index contributed by atoms with van der Waals surface area (Å²) in [5.74, 6) is -1.69. The Balaban J connectivity index is 1.68. The van der Waals surface area contributed by atoms with Crippen molar-refractivity contribution in [1.82, 2.24) is 4.90 Å². The van der Waals surface area contributed by atoms with Crippen LogP contribution in [0.1, 0.15) is 11.1 Å². The first-order valence-electron chi connectivity index (χ1n) is 8.99. The number of carboxylic acid groups (broad SMARTS) is 1. The van der Waals surface area contributed by atoms with Gasteiger partial charge in [0.1, 0.15) is 12.3 Å². The number of carbonyl (C=O) groups excluding carboxylic acids is 3. The normalized spacial score (nSPS) is 14.8. The monoisotopic (exact) mass is 552 g/mol.